The summed E-state index contributed by atoms with van der Waals surface area (Å²) in [5, 5.41) is 9.93. The molecule has 2 rings (SSSR count). The maximum absolute atomic E-state index is 10.9. The van der Waals surface area contributed by atoms with Gasteiger partial charge < -0.3 is 14.6 Å². The first kappa shape index (κ1) is 17.8. The summed E-state index contributed by atoms with van der Waals surface area (Å²) < 4.78 is 37.6. The Morgan fingerprint density at radius 1 is 1.32 bits per heavy atom. The Morgan fingerprint density at radius 3 is 2.64 bits per heavy atom. The molecular formula is C14H19BrO6S. The van der Waals surface area contributed by atoms with Crippen LogP contribution in [0.15, 0.2) is 30.3 Å². The van der Waals surface area contributed by atoms with E-state index in [2.05, 4.69) is 20.1 Å². The highest BCUT2D eigenvalue weighted by atomic mass is 79.9. The van der Waals surface area contributed by atoms with Crippen molar-refractivity contribution in [2.45, 2.75) is 36.4 Å². The minimum absolute atomic E-state index is 0.00370. The molecule has 22 heavy (non-hydrogen) atoms. The van der Waals surface area contributed by atoms with E-state index in [1.807, 2.05) is 30.3 Å². The molecule has 6 nitrogen and oxygen atoms in total. The molecule has 0 radical (unpaired) electrons. The lowest BCUT2D eigenvalue weighted by atomic mass is 10.1. The van der Waals surface area contributed by atoms with Gasteiger partial charge in [0.2, 0.25) is 0 Å². The first-order valence-corrected chi connectivity index (χ1v) is 9.57. The van der Waals surface area contributed by atoms with E-state index in [1.165, 1.54) is 0 Å². The minimum atomic E-state index is -3.47. The number of alkyl halides is 1. The Kier molecular flexibility index (Phi) is 6.36. The van der Waals surface area contributed by atoms with Crippen LogP contribution in [0.5, 0.6) is 0 Å². The van der Waals surface area contributed by atoms with Crippen molar-refractivity contribution in [1.82, 2.24) is 0 Å². The van der Waals surface area contributed by atoms with Gasteiger partial charge in [0.05, 0.1) is 30.4 Å². The zero-order chi connectivity index (χ0) is 16.2. The number of aliphatic hydroxyl groups is 1. The molecular weight excluding hydrogens is 376 g/mol. The molecule has 1 aromatic rings. The van der Waals surface area contributed by atoms with Crippen LogP contribution in [0.25, 0.3) is 0 Å². The average Bonchev–Trinajstić information content (AvgIpc) is 2.71. The average molecular weight is 395 g/mol. The molecule has 0 spiro atoms. The fourth-order valence-corrected chi connectivity index (χ4v) is 3.39. The fraction of sp³-hybridized carbons (Fsp3) is 0.571. The van der Waals surface area contributed by atoms with Gasteiger partial charge in [-0.1, -0.05) is 46.3 Å². The smallest absolute Gasteiger partial charge is 0.264 e. The predicted octanol–water partition coefficient (Wildman–Crippen LogP) is 1.42. The van der Waals surface area contributed by atoms with E-state index in [0.29, 0.717) is 13.0 Å². The summed E-state index contributed by atoms with van der Waals surface area (Å²) in [5.41, 5.74) is 0.998. The molecule has 0 aromatic heterocycles. The highest BCUT2D eigenvalue weighted by Gasteiger charge is 2.43. The van der Waals surface area contributed by atoms with Crippen LogP contribution < -0.4 is 0 Å². The third-order valence-corrected chi connectivity index (χ3v) is 4.95. The largest absolute Gasteiger partial charge is 0.367 e. The van der Waals surface area contributed by atoms with Crippen LogP contribution in [-0.4, -0.2) is 49.7 Å². The number of ether oxygens (including phenoxy) is 2. The molecule has 1 aliphatic heterocycles. The first-order chi connectivity index (χ1) is 10.4. The molecule has 1 saturated heterocycles. The topological polar surface area (TPSA) is 82.1 Å². The molecule has 0 amide bonds. The second kappa shape index (κ2) is 7.85. The first-order valence-electron chi connectivity index (χ1n) is 6.84. The Morgan fingerprint density at radius 2 is 2.00 bits per heavy atom. The molecule has 124 valence electrons. The van der Waals surface area contributed by atoms with Crippen molar-refractivity contribution in [3.8, 4) is 0 Å². The molecule has 1 aliphatic rings. The minimum Gasteiger partial charge on any atom is -0.367 e. The van der Waals surface area contributed by atoms with E-state index in [0.717, 1.165) is 11.8 Å². The van der Waals surface area contributed by atoms with Gasteiger partial charge in [-0.05, 0) is 12.0 Å². The highest BCUT2D eigenvalue weighted by molar-refractivity contribution is 9.09. The van der Waals surface area contributed by atoms with Gasteiger partial charge in [0, 0.05) is 0 Å². The zero-order valence-corrected chi connectivity index (χ0v) is 14.5. The summed E-state index contributed by atoms with van der Waals surface area (Å²) in [5.74, 6) is 0. The summed E-state index contributed by atoms with van der Waals surface area (Å²) in [7, 11) is -3.47. The number of aliphatic hydroxyl groups excluding tert-OH is 1. The Bertz CT molecular complexity index is 564. The summed E-state index contributed by atoms with van der Waals surface area (Å²) >= 11 is 3.45. The van der Waals surface area contributed by atoms with Crippen molar-refractivity contribution in [3.05, 3.63) is 35.9 Å². The lowest BCUT2D eigenvalue weighted by molar-refractivity contribution is -0.145. The third kappa shape index (κ3) is 5.29. The molecule has 0 bridgehead atoms. The summed E-state index contributed by atoms with van der Waals surface area (Å²) in [6.07, 6.45) is -0.628. The Hall–Kier alpha value is -0.510. The van der Waals surface area contributed by atoms with Crippen LogP contribution in [0.1, 0.15) is 12.0 Å². The van der Waals surface area contributed by atoms with E-state index >= 15 is 0 Å². The molecule has 1 fully saturated rings. The normalized spacial score (nSPS) is 28.9. The van der Waals surface area contributed by atoms with Crippen molar-refractivity contribution < 1.29 is 27.2 Å². The molecule has 1 N–H and O–H groups in total. The van der Waals surface area contributed by atoms with Crippen molar-refractivity contribution in [2.75, 3.05) is 12.9 Å². The van der Waals surface area contributed by atoms with Crippen molar-refractivity contribution >= 4 is 26.0 Å². The molecule has 0 unspecified atom stereocenters. The van der Waals surface area contributed by atoms with Crippen molar-refractivity contribution in [2.24, 2.45) is 0 Å². The van der Waals surface area contributed by atoms with Gasteiger partial charge in [0.25, 0.3) is 10.1 Å². The van der Waals surface area contributed by atoms with E-state index in [9.17, 15) is 13.5 Å². The Labute approximate surface area is 138 Å². The van der Waals surface area contributed by atoms with Gasteiger partial charge >= 0.3 is 0 Å². The second-order valence-electron chi connectivity index (χ2n) is 5.09. The monoisotopic (exact) mass is 394 g/mol. The van der Waals surface area contributed by atoms with Gasteiger partial charge in [0.1, 0.15) is 6.10 Å². The van der Waals surface area contributed by atoms with Crippen molar-refractivity contribution in [3.63, 3.8) is 0 Å². The van der Waals surface area contributed by atoms with Crippen LogP contribution in [0, 0.1) is 0 Å². The van der Waals surface area contributed by atoms with Gasteiger partial charge in [0.15, 0.2) is 6.29 Å². The highest BCUT2D eigenvalue weighted by Crippen LogP contribution is 2.31. The molecule has 0 saturated carbocycles. The zero-order valence-electron chi connectivity index (χ0n) is 12.1. The molecule has 1 aromatic carbocycles. The fourth-order valence-electron chi connectivity index (χ4n) is 2.18. The van der Waals surface area contributed by atoms with E-state index in [4.69, 9.17) is 9.47 Å². The van der Waals surface area contributed by atoms with E-state index in [1.54, 1.807) is 0 Å². The number of benzene rings is 1. The Balaban J connectivity index is 1.83. The van der Waals surface area contributed by atoms with Crippen LogP contribution >= 0.6 is 15.9 Å². The summed E-state index contributed by atoms with van der Waals surface area (Å²) in [6.45, 7) is 0.365. The van der Waals surface area contributed by atoms with Crippen LogP contribution in [0.2, 0.25) is 0 Å². The van der Waals surface area contributed by atoms with Gasteiger partial charge in [-0.15, -0.1) is 0 Å². The molecule has 0 aliphatic carbocycles. The van der Waals surface area contributed by atoms with Crippen LogP contribution in [-0.2, 0) is 30.4 Å². The molecule has 8 heteroatoms. The van der Waals surface area contributed by atoms with Crippen molar-refractivity contribution in [1.29, 1.82) is 0 Å². The maximum Gasteiger partial charge on any atom is 0.264 e. The second-order valence-corrected chi connectivity index (χ2v) is 7.79. The van der Waals surface area contributed by atoms with Crippen LogP contribution in [0.4, 0.5) is 0 Å². The van der Waals surface area contributed by atoms with Crippen LogP contribution in [0.3, 0.4) is 0 Å². The molecule has 1 heterocycles. The lowest BCUT2D eigenvalue weighted by Crippen LogP contribution is -2.31. The van der Waals surface area contributed by atoms with Gasteiger partial charge in [-0.25, -0.2) is 0 Å². The van der Waals surface area contributed by atoms with Gasteiger partial charge in [-0.2, -0.15) is 8.42 Å². The maximum atomic E-state index is 10.9. The predicted molar refractivity (Wildman–Crippen MR) is 84.0 cm³/mol. The number of halogens is 1. The SMILES string of the molecule is CS(=O)(=O)OCC[C@@H]1O[C@@H](O)[C@H](OCc2ccccc2)[C@H]1Br. The number of hydrogen-bond acceptors (Lipinski definition) is 6. The molecule has 4 atom stereocenters. The lowest BCUT2D eigenvalue weighted by Gasteiger charge is -2.18. The summed E-state index contributed by atoms with van der Waals surface area (Å²) in [6, 6.07) is 9.61. The quantitative estimate of drug-likeness (QED) is 0.556. The van der Waals surface area contributed by atoms with Gasteiger partial charge in [-0.3, -0.25) is 4.18 Å². The summed E-state index contributed by atoms with van der Waals surface area (Å²) in [4.78, 5) is -0.241. The standard InChI is InChI=1S/C14H19BrO6S/c1-22(17,18)20-8-7-11-12(15)13(14(16)21-11)19-9-10-5-3-2-4-6-10/h2-6,11-14,16H,7-9H2,1H3/t11-,12-,13+,14+/m0/s1. The van der Waals surface area contributed by atoms with E-state index in [-0.39, 0.29) is 17.5 Å². The third-order valence-electron chi connectivity index (χ3n) is 3.25. The number of rotatable bonds is 7. The number of hydrogen-bond donors (Lipinski definition) is 1. The van der Waals surface area contributed by atoms with E-state index < -0.39 is 22.5 Å².